The summed E-state index contributed by atoms with van der Waals surface area (Å²) < 4.78 is 34.4. The summed E-state index contributed by atoms with van der Waals surface area (Å²) in [6, 6.07) is 3.84. The Balaban J connectivity index is 1.84. The maximum Gasteiger partial charge on any atom is 0.272 e. The third-order valence-corrected chi connectivity index (χ3v) is 3.10. The summed E-state index contributed by atoms with van der Waals surface area (Å²) in [5.74, 6) is 0.232. The zero-order chi connectivity index (χ0) is 13.7. The summed E-state index contributed by atoms with van der Waals surface area (Å²) in [7, 11) is 0. The van der Waals surface area contributed by atoms with Crippen LogP contribution in [0.4, 0.5) is 8.78 Å². The minimum Gasteiger partial charge on any atom is -0.472 e. The SMILES string of the molecule is C[C@H]1OCC[C@H]1NCc1ccnc(OCC(F)F)c1. The molecular weight excluding hydrogens is 254 g/mol. The van der Waals surface area contributed by atoms with Crippen LogP contribution in [-0.2, 0) is 11.3 Å². The number of ether oxygens (including phenoxy) is 2. The largest absolute Gasteiger partial charge is 0.472 e. The van der Waals surface area contributed by atoms with Gasteiger partial charge in [-0.2, -0.15) is 0 Å². The molecule has 4 nitrogen and oxygen atoms in total. The molecule has 106 valence electrons. The summed E-state index contributed by atoms with van der Waals surface area (Å²) in [4.78, 5) is 3.90. The molecule has 0 unspecified atom stereocenters. The Bertz CT molecular complexity index is 404. The lowest BCUT2D eigenvalue weighted by Crippen LogP contribution is -2.34. The Morgan fingerprint density at radius 2 is 2.42 bits per heavy atom. The van der Waals surface area contributed by atoms with E-state index in [-0.39, 0.29) is 12.0 Å². The van der Waals surface area contributed by atoms with Gasteiger partial charge in [-0.3, -0.25) is 0 Å². The first kappa shape index (κ1) is 14.1. The van der Waals surface area contributed by atoms with Gasteiger partial charge in [0, 0.05) is 31.5 Å². The Hall–Kier alpha value is -1.27. The van der Waals surface area contributed by atoms with Crippen LogP contribution in [-0.4, -0.2) is 36.8 Å². The molecule has 1 aromatic heterocycles. The third-order valence-electron chi connectivity index (χ3n) is 3.10. The van der Waals surface area contributed by atoms with Gasteiger partial charge in [-0.25, -0.2) is 13.8 Å². The van der Waals surface area contributed by atoms with Crippen LogP contribution in [0, 0.1) is 0 Å². The zero-order valence-electron chi connectivity index (χ0n) is 10.8. The minimum absolute atomic E-state index is 0.205. The molecule has 19 heavy (non-hydrogen) atoms. The van der Waals surface area contributed by atoms with Gasteiger partial charge in [0.15, 0.2) is 6.61 Å². The van der Waals surface area contributed by atoms with Crippen LogP contribution < -0.4 is 10.1 Å². The Morgan fingerprint density at radius 3 is 3.11 bits per heavy atom. The molecule has 1 saturated heterocycles. The second-order valence-electron chi connectivity index (χ2n) is 4.56. The molecule has 1 fully saturated rings. The van der Waals surface area contributed by atoms with E-state index in [1.54, 1.807) is 12.3 Å². The van der Waals surface area contributed by atoms with E-state index < -0.39 is 13.0 Å². The van der Waals surface area contributed by atoms with Crippen molar-refractivity contribution >= 4 is 0 Å². The fraction of sp³-hybridized carbons (Fsp3) is 0.615. The normalized spacial score (nSPS) is 22.9. The van der Waals surface area contributed by atoms with E-state index in [0.717, 1.165) is 18.6 Å². The molecule has 2 rings (SSSR count). The predicted octanol–water partition coefficient (Wildman–Crippen LogP) is 1.99. The molecule has 0 radical (unpaired) electrons. The van der Waals surface area contributed by atoms with Crippen LogP contribution in [0.1, 0.15) is 18.9 Å². The summed E-state index contributed by atoms with van der Waals surface area (Å²) in [5.41, 5.74) is 0.957. The number of alkyl halides is 2. The topological polar surface area (TPSA) is 43.4 Å². The molecule has 0 bridgehead atoms. The highest BCUT2D eigenvalue weighted by atomic mass is 19.3. The highest BCUT2D eigenvalue weighted by Crippen LogP contribution is 2.15. The number of hydrogen-bond donors (Lipinski definition) is 1. The summed E-state index contributed by atoms with van der Waals surface area (Å²) in [6.45, 7) is 2.83. The smallest absolute Gasteiger partial charge is 0.272 e. The first-order valence-corrected chi connectivity index (χ1v) is 6.36. The molecule has 2 atom stereocenters. The first-order chi connectivity index (χ1) is 9.15. The lowest BCUT2D eigenvalue weighted by molar-refractivity contribution is 0.0795. The molecule has 1 N–H and O–H groups in total. The summed E-state index contributed by atoms with van der Waals surface area (Å²) in [5, 5.41) is 3.38. The van der Waals surface area contributed by atoms with Crippen LogP contribution in [0.15, 0.2) is 18.3 Å². The minimum atomic E-state index is -2.49. The van der Waals surface area contributed by atoms with E-state index in [0.29, 0.717) is 12.6 Å². The molecular formula is C13H18F2N2O2. The number of hydrogen-bond acceptors (Lipinski definition) is 4. The predicted molar refractivity (Wildman–Crippen MR) is 66.4 cm³/mol. The van der Waals surface area contributed by atoms with Crippen LogP contribution in [0.25, 0.3) is 0 Å². The fourth-order valence-electron chi connectivity index (χ4n) is 2.04. The third kappa shape index (κ3) is 4.40. The highest BCUT2D eigenvalue weighted by molar-refractivity contribution is 5.20. The Labute approximate surface area is 111 Å². The summed E-state index contributed by atoms with van der Waals surface area (Å²) in [6.07, 6.45) is 0.268. The standard InChI is InChI=1S/C13H18F2N2O2/c1-9-11(3-5-18-9)17-7-10-2-4-16-13(6-10)19-8-12(14)15/h2,4,6,9,11-12,17H,3,5,7-8H2,1H3/t9-,11-/m1/s1. The first-order valence-electron chi connectivity index (χ1n) is 6.36. The quantitative estimate of drug-likeness (QED) is 0.860. The molecule has 2 heterocycles. The molecule has 1 aromatic rings. The Morgan fingerprint density at radius 1 is 1.58 bits per heavy atom. The molecule has 0 saturated carbocycles. The van der Waals surface area contributed by atoms with Crippen molar-refractivity contribution in [3.8, 4) is 5.88 Å². The van der Waals surface area contributed by atoms with E-state index in [1.807, 2.05) is 13.0 Å². The lowest BCUT2D eigenvalue weighted by atomic mass is 10.1. The zero-order valence-corrected chi connectivity index (χ0v) is 10.8. The van der Waals surface area contributed by atoms with Gasteiger partial charge in [0.05, 0.1) is 6.10 Å². The Kier molecular flexibility index (Phi) is 5.04. The van der Waals surface area contributed by atoms with Gasteiger partial charge in [0.1, 0.15) is 0 Å². The molecule has 0 spiro atoms. The number of nitrogens with zero attached hydrogens (tertiary/aromatic N) is 1. The second-order valence-corrected chi connectivity index (χ2v) is 4.56. The van der Waals surface area contributed by atoms with Crippen molar-refractivity contribution in [1.82, 2.24) is 10.3 Å². The van der Waals surface area contributed by atoms with Crippen molar-refractivity contribution in [1.29, 1.82) is 0 Å². The number of pyridine rings is 1. The van der Waals surface area contributed by atoms with Gasteiger partial charge < -0.3 is 14.8 Å². The lowest BCUT2D eigenvalue weighted by Gasteiger charge is -2.16. The van der Waals surface area contributed by atoms with Crippen molar-refractivity contribution in [3.63, 3.8) is 0 Å². The molecule has 1 aliphatic heterocycles. The molecule has 0 amide bonds. The highest BCUT2D eigenvalue weighted by Gasteiger charge is 2.23. The van der Waals surface area contributed by atoms with Gasteiger partial charge in [-0.05, 0) is 25.0 Å². The molecule has 1 aliphatic rings. The van der Waals surface area contributed by atoms with Gasteiger partial charge in [-0.1, -0.05) is 0 Å². The van der Waals surface area contributed by atoms with E-state index in [1.165, 1.54) is 0 Å². The second kappa shape index (κ2) is 6.77. The summed E-state index contributed by atoms with van der Waals surface area (Å²) >= 11 is 0. The van der Waals surface area contributed by atoms with E-state index in [4.69, 9.17) is 9.47 Å². The average Bonchev–Trinajstić information content (AvgIpc) is 2.80. The maximum atomic E-state index is 12.0. The average molecular weight is 272 g/mol. The van der Waals surface area contributed by atoms with E-state index in [9.17, 15) is 8.78 Å². The van der Waals surface area contributed by atoms with Gasteiger partial charge in [0.2, 0.25) is 5.88 Å². The monoisotopic (exact) mass is 272 g/mol. The maximum absolute atomic E-state index is 12.0. The van der Waals surface area contributed by atoms with Crippen molar-refractivity contribution < 1.29 is 18.3 Å². The number of nitrogens with one attached hydrogen (secondary N) is 1. The van der Waals surface area contributed by atoms with Crippen molar-refractivity contribution in [3.05, 3.63) is 23.9 Å². The van der Waals surface area contributed by atoms with Gasteiger partial charge >= 0.3 is 0 Å². The van der Waals surface area contributed by atoms with Crippen LogP contribution in [0.2, 0.25) is 0 Å². The van der Waals surface area contributed by atoms with Gasteiger partial charge in [0.25, 0.3) is 6.43 Å². The van der Waals surface area contributed by atoms with Crippen molar-refractivity contribution in [2.75, 3.05) is 13.2 Å². The van der Waals surface area contributed by atoms with Crippen molar-refractivity contribution in [2.24, 2.45) is 0 Å². The number of aromatic nitrogens is 1. The van der Waals surface area contributed by atoms with Crippen LogP contribution in [0.5, 0.6) is 5.88 Å². The van der Waals surface area contributed by atoms with Crippen LogP contribution in [0.3, 0.4) is 0 Å². The molecule has 0 aromatic carbocycles. The number of halogens is 2. The van der Waals surface area contributed by atoms with Gasteiger partial charge in [-0.15, -0.1) is 0 Å². The van der Waals surface area contributed by atoms with Crippen molar-refractivity contribution in [2.45, 2.75) is 38.5 Å². The fourth-order valence-corrected chi connectivity index (χ4v) is 2.04. The van der Waals surface area contributed by atoms with E-state index in [2.05, 4.69) is 10.3 Å². The van der Waals surface area contributed by atoms with E-state index >= 15 is 0 Å². The number of rotatable bonds is 6. The van der Waals surface area contributed by atoms with Crippen LogP contribution >= 0.6 is 0 Å². The molecule has 6 heteroatoms. The molecule has 0 aliphatic carbocycles.